The summed E-state index contributed by atoms with van der Waals surface area (Å²) in [6, 6.07) is 0. The minimum atomic E-state index is 0.545. The summed E-state index contributed by atoms with van der Waals surface area (Å²) in [6.07, 6.45) is 3.86. The first-order valence-corrected chi connectivity index (χ1v) is 4.19. The Bertz CT molecular complexity index is 200. The summed E-state index contributed by atoms with van der Waals surface area (Å²) in [5, 5.41) is 0. The van der Waals surface area contributed by atoms with Gasteiger partial charge >= 0.3 is 0 Å². The Morgan fingerprint density at radius 2 is 2.20 bits per heavy atom. The minimum absolute atomic E-state index is 0.545. The summed E-state index contributed by atoms with van der Waals surface area (Å²) < 4.78 is 0. The van der Waals surface area contributed by atoms with Crippen LogP contribution in [0.25, 0.3) is 0 Å². The molecule has 0 amide bonds. The van der Waals surface area contributed by atoms with Gasteiger partial charge in [0.05, 0.1) is 0 Å². The fourth-order valence-corrected chi connectivity index (χ4v) is 2.19. The Balaban J connectivity index is 2.24. The molecule has 0 nitrogen and oxygen atoms in total. The van der Waals surface area contributed by atoms with Crippen LogP contribution in [0, 0.1) is 29.1 Å². The second-order valence-corrected chi connectivity index (χ2v) is 4.17. The van der Waals surface area contributed by atoms with Gasteiger partial charge in [0.25, 0.3) is 0 Å². The van der Waals surface area contributed by atoms with Crippen LogP contribution in [0.2, 0.25) is 0 Å². The van der Waals surface area contributed by atoms with Gasteiger partial charge in [0.15, 0.2) is 0 Å². The van der Waals surface area contributed by atoms with Crippen molar-refractivity contribution in [3.05, 3.63) is 0 Å². The Kier molecular flexibility index (Phi) is 1.12. The summed E-state index contributed by atoms with van der Waals surface area (Å²) in [7, 11) is 0. The molecular formula is C10H14. The Morgan fingerprint density at radius 1 is 1.40 bits per heavy atom. The normalized spacial score (nSPS) is 40.6. The third-order valence-corrected chi connectivity index (χ3v) is 3.36. The first-order valence-electron chi connectivity index (χ1n) is 4.19. The van der Waals surface area contributed by atoms with Crippen LogP contribution in [0.15, 0.2) is 0 Å². The van der Waals surface area contributed by atoms with Gasteiger partial charge in [0, 0.05) is 12.3 Å². The van der Waals surface area contributed by atoms with Crippen molar-refractivity contribution >= 4 is 0 Å². The molecular weight excluding hydrogens is 120 g/mol. The van der Waals surface area contributed by atoms with Gasteiger partial charge in [-0.05, 0) is 24.2 Å². The lowest BCUT2D eigenvalue weighted by atomic mass is 9.55. The van der Waals surface area contributed by atoms with Gasteiger partial charge < -0.3 is 0 Å². The van der Waals surface area contributed by atoms with E-state index >= 15 is 0 Å². The van der Waals surface area contributed by atoms with Gasteiger partial charge in [-0.3, -0.25) is 0 Å². The van der Waals surface area contributed by atoms with Crippen LogP contribution in [0.1, 0.15) is 33.1 Å². The molecule has 1 fully saturated rings. The van der Waals surface area contributed by atoms with Gasteiger partial charge in [-0.25, -0.2) is 0 Å². The first-order chi connectivity index (χ1) is 4.71. The van der Waals surface area contributed by atoms with Gasteiger partial charge in [-0.1, -0.05) is 19.8 Å². The summed E-state index contributed by atoms with van der Waals surface area (Å²) in [4.78, 5) is 0. The van der Waals surface area contributed by atoms with Gasteiger partial charge in [-0.2, -0.15) is 0 Å². The Morgan fingerprint density at radius 3 is 2.90 bits per heavy atom. The van der Waals surface area contributed by atoms with Crippen LogP contribution in [-0.4, -0.2) is 0 Å². The first kappa shape index (κ1) is 6.28. The van der Waals surface area contributed by atoms with E-state index in [1.165, 1.54) is 12.8 Å². The van der Waals surface area contributed by atoms with Crippen LogP contribution in [0.3, 0.4) is 0 Å². The van der Waals surface area contributed by atoms with E-state index in [-0.39, 0.29) is 0 Å². The van der Waals surface area contributed by atoms with Crippen molar-refractivity contribution in [1.82, 2.24) is 0 Å². The molecule has 0 heteroatoms. The number of rotatable bonds is 0. The molecule has 3 aliphatic carbocycles. The minimum Gasteiger partial charge on any atom is -0.103 e. The predicted octanol–water partition coefficient (Wildman–Crippen LogP) is 2.45. The second-order valence-electron chi connectivity index (χ2n) is 4.17. The zero-order chi connectivity index (χ0) is 7.19. The molecule has 2 atom stereocenters. The lowest BCUT2D eigenvalue weighted by Crippen LogP contribution is -2.43. The highest BCUT2D eigenvalue weighted by molar-refractivity contribution is 5.18. The largest absolute Gasteiger partial charge is 0.103 e. The number of hydrogen-bond acceptors (Lipinski definition) is 0. The molecule has 0 aromatic heterocycles. The standard InChI is InChI=1S/C10H14/c1-10(2)8-5-3-4-6-9(10)7-8/h8-9H,3,5,7H2,1-2H3. The molecule has 0 radical (unpaired) electrons. The van der Waals surface area contributed by atoms with E-state index in [0.29, 0.717) is 5.41 Å². The Hall–Kier alpha value is -0.440. The molecule has 1 saturated carbocycles. The van der Waals surface area contributed by atoms with E-state index in [0.717, 1.165) is 18.3 Å². The van der Waals surface area contributed by atoms with Crippen molar-refractivity contribution in [2.24, 2.45) is 17.3 Å². The maximum atomic E-state index is 3.35. The quantitative estimate of drug-likeness (QED) is 0.446. The van der Waals surface area contributed by atoms with E-state index in [1.807, 2.05) is 0 Å². The molecule has 0 spiro atoms. The highest BCUT2D eigenvalue weighted by Gasteiger charge is 2.47. The fraction of sp³-hybridized carbons (Fsp3) is 0.800. The molecule has 0 aliphatic heterocycles. The van der Waals surface area contributed by atoms with Crippen molar-refractivity contribution in [2.45, 2.75) is 33.1 Å². The molecule has 3 rings (SSSR count). The van der Waals surface area contributed by atoms with Crippen LogP contribution < -0.4 is 0 Å². The van der Waals surface area contributed by atoms with Gasteiger partial charge in [0.2, 0.25) is 0 Å². The lowest BCUT2D eigenvalue weighted by molar-refractivity contribution is 0.0164. The number of hydrogen-bond donors (Lipinski definition) is 0. The third-order valence-electron chi connectivity index (χ3n) is 3.36. The van der Waals surface area contributed by atoms with E-state index in [4.69, 9.17) is 0 Å². The maximum Gasteiger partial charge on any atom is 0.0259 e. The van der Waals surface area contributed by atoms with Crippen LogP contribution >= 0.6 is 0 Å². The molecule has 54 valence electrons. The average molecular weight is 134 g/mol. The average Bonchev–Trinajstić information content (AvgIpc) is 2.17. The third kappa shape index (κ3) is 0.639. The van der Waals surface area contributed by atoms with Crippen molar-refractivity contribution in [2.75, 3.05) is 0 Å². The van der Waals surface area contributed by atoms with Crippen LogP contribution in [0.4, 0.5) is 0 Å². The molecule has 0 N–H and O–H groups in total. The molecule has 10 heavy (non-hydrogen) atoms. The van der Waals surface area contributed by atoms with Gasteiger partial charge in [-0.15, -0.1) is 5.92 Å². The monoisotopic (exact) mass is 134 g/mol. The van der Waals surface area contributed by atoms with Crippen molar-refractivity contribution in [1.29, 1.82) is 0 Å². The number of fused-ring (bicyclic) bond motifs is 2. The molecule has 0 aromatic carbocycles. The fourth-order valence-electron chi connectivity index (χ4n) is 2.19. The van der Waals surface area contributed by atoms with E-state index < -0.39 is 0 Å². The van der Waals surface area contributed by atoms with Gasteiger partial charge in [0.1, 0.15) is 0 Å². The molecule has 2 unspecified atom stereocenters. The van der Waals surface area contributed by atoms with Crippen molar-refractivity contribution in [3.8, 4) is 11.8 Å². The molecule has 0 heterocycles. The highest BCUT2D eigenvalue weighted by Crippen LogP contribution is 2.53. The summed E-state index contributed by atoms with van der Waals surface area (Å²) in [5.41, 5.74) is 0.545. The van der Waals surface area contributed by atoms with Crippen LogP contribution in [0.5, 0.6) is 0 Å². The predicted molar refractivity (Wildman–Crippen MR) is 42.4 cm³/mol. The zero-order valence-corrected chi connectivity index (χ0v) is 6.78. The summed E-state index contributed by atoms with van der Waals surface area (Å²) in [6.45, 7) is 4.73. The smallest absolute Gasteiger partial charge is 0.0259 e. The lowest BCUT2D eigenvalue weighted by Gasteiger charge is -2.49. The second kappa shape index (κ2) is 1.78. The molecule has 0 saturated heterocycles. The topological polar surface area (TPSA) is 0 Å². The van der Waals surface area contributed by atoms with E-state index in [1.54, 1.807) is 0 Å². The molecule has 0 aromatic rings. The summed E-state index contributed by atoms with van der Waals surface area (Å²) >= 11 is 0. The van der Waals surface area contributed by atoms with Crippen molar-refractivity contribution in [3.63, 3.8) is 0 Å². The maximum absolute atomic E-state index is 3.35. The van der Waals surface area contributed by atoms with Crippen LogP contribution in [-0.2, 0) is 0 Å². The summed E-state index contributed by atoms with van der Waals surface area (Å²) in [5.74, 6) is 8.28. The SMILES string of the molecule is CC1(C)C2C#CCCC1C2. The Labute approximate surface area is 63.0 Å². The molecule has 2 bridgehead atoms. The van der Waals surface area contributed by atoms with E-state index in [9.17, 15) is 0 Å². The van der Waals surface area contributed by atoms with E-state index in [2.05, 4.69) is 25.7 Å². The highest BCUT2D eigenvalue weighted by atomic mass is 14.5. The van der Waals surface area contributed by atoms with Crippen molar-refractivity contribution < 1.29 is 0 Å². The zero-order valence-electron chi connectivity index (χ0n) is 6.78. The molecule has 3 aliphatic rings.